The van der Waals surface area contributed by atoms with Crippen molar-refractivity contribution in [3.8, 4) is 5.75 Å². The number of nitrogens with one attached hydrogen (secondary N) is 1. The van der Waals surface area contributed by atoms with Crippen LogP contribution in [0.2, 0.25) is 5.02 Å². The maximum atomic E-state index is 13.1. The van der Waals surface area contributed by atoms with Gasteiger partial charge in [0, 0.05) is 24.5 Å². The number of benzene rings is 2. The van der Waals surface area contributed by atoms with Gasteiger partial charge in [-0.1, -0.05) is 29.8 Å². The number of hydrogen-bond donors (Lipinski definition) is 1. The first-order valence-corrected chi connectivity index (χ1v) is 12.0. The zero-order chi connectivity index (χ0) is 25.7. The first-order valence-electron chi connectivity index (χ1n) is 11.7. The average molecular weight is 514 g/mol. The van der Waals surface area contributed by atoms with Crippen molar-refractivity contribution in [2.24, 2.45) is 0 Å². The van der Waals surface area contributed by atoms with Gasteiger partial charge in [0.25, 0.3) is 5.56 Å². The maximum Gasteiger partial charge on any atom is 0.275 e. The molecule has 36 heavy (non-hydrogen) atoms. The van der Waals surface area contributed by atoms with E-state index in [1.165, 1.54) is 9.69 Å². The summed E-state index contributed by atoms with van der Waals surface area (Å²) < 4.78 is 12.0. The highest BCUT2D eigenvalue weighted by molar-refractivity contribution is 6.32. The Bertz CT molecular complexity index is 1320. The van der Waals surface area contributed by atoms with Crippen LogP contribution < -0.4 is 15.7 Å². The van der Waals surface area contributed by atoms with Crippen LogP contribution in [0.5, 0.6) is 5.75 Å². The summed E-state index contributed by atoms with van der Waals surface area (Å²) in [4.78, 5) is 39.6. The molecule has 2 aromatic carbocycles. The summed E-state index contributed by atoms with van der Waals surface area (Å²) in [7, 11) is 0. The lowest BCUT2D eigenvalue weighted by Crippen LogP contribution is -2.44. The molecule has 0 atom stereocenters. The number of halogens is 1. The number of anilines is 1. The summed E-state index contributed by atoms with van der Waals surface area (Å²) >= 11 is 6.26. The molecule has 0 unspecified atom stereocenters. The smallest absolute Gasteiger partial charge is 0.275 e. The van der Waals surface area contributed by atoms with Crippen LogP contribution in [0.1, 0.15) is 18.2 Å². The molecule has 0 aliphatic carbocycles. The van der Waals surface area contributed by atoms with E-state index in [-0.39, 0.29) is 24.6 Å². The number of nitrogens with zero attached hydrogens (tertiary/aromatic N) is 4. The highest BCUT2D eigenvalue weighted by Gasteiger charge is 2.20. The predicted octanol–water partition coefficient (Wildman–Crippen LogP) is 2.60. The lowest BCUT2D eigenvalue weighted by Gasteiger charge is -2.27. The van der Waals surface area contributed by atoms with Gasteiger partial charge in [-0.05, 0) is 31.5 Å². The van der Waals surface area contributed by atoms with Gasteiger partial charge in [-0.15, -0.1) is 0 Å². The SMILES string of the molecule is CCOc1cc(NN(C=O)Cc2nn(CC(=O)N3CCOCC3)c(=O)c3ccccc23)c(C)cc1Cl. The minimum Gasteiger partial charge on any atom is -0.492 e. The predicted molar refractivity (Wildman–Crippen MR) is 136 cm³/mol. The fourth-order valence-electron chi connectivity index (χ4n) is 4.03. The van der Waals surface area contributed by atoms with Crippen LogP contribution in [-0.4, -0.2) is 64.9 Å². The first kappa shape index (κ1) is 25.5. The molecule has 1 saturated heterocycles. The molecule has 190 valence electrons. The Kier molecular flexibility index (Phi) is 8.07. The number of fused-ring (bicyclic) bond motifs is 1. The van der Waals surface area contributed by atoms with Gasteiger partial charge in [0.15, 0.2) is 0 Å². The first-order chi connectivity index (χ1) is 17.4. The zero-order valence-corrected chi connectivity index (χ0v) is 21.0. The van der Waals surface area contributed by atoms with Crippen molar-refractivity contribution in [1.29, 1.82) is 0 Å². The molecule has 2 heterocycles. The second-order valence-electron chi connectivity index (χ2n) is 8.32. The molecular weight excluding hydrogens is 486 g/mol. The van der Waals surface area contributed by atoms with Crippen LogP contribution in [0, 0.1) is 6.92 Å². The minimum atomic E-state index is -0.364. The van der Waals surface area contributed by atoms with Gasteiger partial charge in [-0.25, -0.2) is 4.68 Å². The molecule has 0 bridgehead atoms. The molecule has 3 aromatic rings. The van der Waals surface area contributed by atoms with E-state index >= 15 is 0 Å². The summed E-state index contributed by atoms with van der Waals surface area (Å²) in [5.74, 6) is 0.289. The van der Waals surface area contributed by atoms with Crippen LogP contribution in [0.15, 0.2) is 41.2 Å². The Morgan fingerprint density at radius 2 is 1.97 bits per heavy atom. The molecule has 0 spiro atoms. The summed E-state index contributed by atoms with van der Waals surface area (Å²) in [5.41, 5.74) is 4.63. The molecule has 0 radical (unpaired) electrons. The lowest BCUT2D eigenvalue weighted by molar-refractivity contribution is -0.136. The monoisotopic (exact) mass is 513 g/mol. The molecule has 0 saturated carbocycles. The third-order valence-electron chi connectivity index (χ3n) is 5.88. The molecule has 11 heteroatoms. The van der Waals surface area contributed by atoms with E-state index in [2.05, 4.69) is 10.5 Å². The van der Waals surface area contributed by atoms with Crippen molar-refractivity contribution in [3.63, 3.8) is 0 Å². The minimum absolute atomic E-state index is 0.0437. The van der Waals surface area contributed by atoms with Crippen molar-refractivity contribution >= 4 is 40.4 Å². The van der Waals surface area contributed by atoms with Gasteiger partial charge in [0.2, 0.25) is 12.3 Å². The van der Waals surface area contributed by atoms with E-state index in [0.29, 0.717) is 72.2 Å². The van der Waals surface area contributed by atoms with E-state index < -0.39 is 0 Å². The molecule has 4 rings (SSSR count). The van der Waals surface area contributed by atoms with Gasteiger partial charge in [-0.2, -0.15) is 5.10 Å². The number of aryl methyl sites for hydroxylation is 1. The molecule has 1 fully saturated rings. The average Bonchev–Trinajstić information content (AvgIpc) is 2.89. The van der Waals surface area contributed by atoms with Crippen LogP contribution in [0.25, 0.3) is 10.8 Å². The Labute approximate surface area is 213 Å². The quantitative estimate of drug-likeness (QED) is 0.346. The van der Waals surface area contributed by atoms with Crippen molar-refractivity contribution in [2.45, 2.75) is 26.9 Å². The number of aromatic nitrogens is 2. The van der Waals surface area contributed by atoms with E-state index in [9.17, 15) is 14.4 Å². The van der Waals surface area contributed by atoms with Gasteiger partial charge < -0.3 is 14.4 Å². The standard InChI is InChI=1S/C25H28ClN5O5/c1-3-36-23-13-21(17(2)12-20(23)26)27-30(16-32)14-22-18-6-4-5-7-19(18)25(34)31(28-22)15-24(33)29-8-10-35-11-9-29/h4-7,12-13,16,27H,3,8-11,14-15H2,1-2H3. The summed E-state index contributed by atoms with van der Waals surface area (Å²) in [6.45, 7) is 5.89. The summed E-state index contributed by atoms with van der Waals surface area (Å²) in [5, 5.41) is 7.31. The van der Waals surface area contributed by atoms with Gasteiger partial charge in [0.05, 0.1) is 48.2 Å². The van der Waals surface area contributed by atoms with Crippen molar-refractivity contribution < 1.29 is 19.1 Å². The second kappa shape index (κ2) is 11.4. The van der Waals surface area contributed by atoms with Gasteiger partial charge in [-0.3, -0.25) is 24.8 Å². The van der Waals surface area contributed by atoms with Crippen molar-refractivity contribution in [1.82, 2.24) is 19.7 Å². The molecule has 1 aliphatic rings. The highest BCUT2D eigenvalue weighted by atomic mass is 35.5. The van der Waals surface area contributed by atoms with E-state index in [4.69, 9.17) is 21.1 Å². The number of ether oxygens (including phenoxy) is 2. The lowest BCUT2D eigenvalue weighted by atomic mass is 10.1. The number of amides is 2. The maximum absolute atomic E-state index is 13.1. The third kappa shape index (κ3) is 5.60. The molecule has 2 amide bonds. The largest absolute Gasteiger partial charge is 0.492 e. The summed E-state index contributed by atoms with van der Waals surface area (Å²) in [6, 6.07) is 10.5. The Hall–Kier alpha value is -3.63. The van der Waals surface area contributed by atoms with E-state index in [1.54, 1.807) is 41.3 Å². The van der Waals surface area contributed by atoms with Gasteiger partial charge >= 0.3 is 0 Å². The number of carbonyl (C=O) groups excluding carboxylic acids is 2. The Balaban J connectivity index is 1.64. The van der Waals surface area contributed by atoms with Gasteiger partial charge in [0.1, 0.15) is 12.3 Å². The van der Waals surface area contributed by atoms with Crippen LogP contribution in [0.3, 0.4) is 0 Å². The Morgan fingerprint density at radius 1 is 1.25 bits per heavy atom. The van der Waals surface area contributed by atoms with Crippen molar-refractivity contribution in [2.75, 3.05) is 38.3 Å². The fraction of sp³-hybridized carbons (Fsp3) is 0.360. The Morgan fingerprint density at radius 3 is 2.67 bits per heavy atom. The van der Waals surface area contributed by atoms with Crippen LogP contribution in [-0.2, 0) is 27.4 Å². The highest BCUT2D eigenvalue weighted by Crippen LogP contribution is 2.31. The number of carbonyl (C=O) groups is 2. The van der Waals surface area contributed by atoms with Crippen LogP contribution in [0.4, 0.5) is 5.69 Å². The number of morpholine rings is 1. The zero-order valence-electron chi connectivity index (χ0n) is 20.2. The number of hydrazine groups is 1. The topological polar surface area (TPSA) is 106 Å². The molecule has 1 N–H and O–H groups in total. The summed E-state index contributed by atoms with van der Waals surface area (Å²) in [6.07, 6.45) is 0.638. The molecule has 1 aliphatic heterocycles. The fourth-order valence-corrected chi connectivity index (χ4v) is 4.30. The molecule has 10 nitrogen and oxygen atoms in total. The van der Waals surface area contributed by atoms with E-state index in [1.807, 2.05) is 13.8 Å². The van der Waals surface area contributed by atoms with Crippen molar-refractivity contribution in [3.05, 3.63) is 63.0 Å². The van der Waals surface area contributed by atoms with E-state index in [0.717, 1.165) is 5.56 Å². The molecular formula is C25H28ClN5O5. The number of rotatable bonds is 9. The second-order valence-corrected chi connectivity index (χ2v) is 8.73. The third-order valence-corrected chi connectivity index (χ3v) is 6.18. The molecule has 1 aromatic heterocycles. The number of hydrogen-bond acceptors (Lipinski definition) is 7. The normalized spacial score (nSPS) is 13.5. The van der Waals surface area contributed by atoms with Crippen LogP contribution >= 0.6 is 11.6 Å².